The van der Waals surface area contributed by atoms with Crippen molar-refractivity contribution >= 4 is 11.0 Å². The van der Waals surface area contributed by atoms with E-state index in [1.807, 2.05) is 107 Å². The SMILES string of the molecule is CC.CCOc1cc(-c2oc3cc(OCc4ccccc4)cc(OCC)c3c(=O)c2OCC)ccc1OCc1ccccc1. The summed E-state index contributed by atoms with van der Waals surface area (Å²) in [7, 11) is 0. The molecule has 0 aliphatic heterocycles. The summed E-state index contributed by atoms with van der Waals surface area (Å²) in [5.41, 5.74) is 2.67. The van der Waals surface area contributed by atoms with Crippen LogP contribution >= 0.6 is 0 Å². The van der Waals surface area contributed by atoms with Crippen molar-refractivity contribution in [1.82, 2.24) is 0 Å². The van der Waals surface area contributed by atoms with E-state index in [0.717, 1.165) is 11.1 Å². The third-order valence-corrected chi connectivity index (χ3v) is 6.47. The topological polar surface area (TPSA) is 76.4 Å². The molecule has 0 saturated carbocycles. The van der Waals surface area contributed by atoms with E-state index in [9.17, 15) is 4.79 Å². The zero-order chi connectivity index (χ0) is 31.3. The third-order valence-electron chi connectivity index (χ3n) is 6.47. The second kappa shape index (κ2) is 16.1. The van der Waals surface area contributed by atoms with Crippen LogP contribution in [0.2, 0.25) is 0 Å². The molecule has 5 aromatic rings. The molecule has 1 heterocycles. The first kappa shape index (κ1) is 32.0. The number of hydrogen-bond donors (Lipinski definition) is 0. The van der Waals surface area contributed by atoms with Gasteiger partial charge in [0.1, 0.15) is 35.7 Å². The first-order chi connectivity index (χ1) is 21.6. The van der Waals surface area contributed by atoms with E-state index in [1.54, 1.807) is 18.2 Å². The van der Waals surface area contributed by atoms with Crippen LogP contribution in [0, 0.1) is 0 Å². The number of ether oxygens (including phenoxy) is 5. The molecule has 5 rings (SSSR count). The van der Waals surface area contributed by atoms with Crippen molar-refractivity contribution in [3.63, 3.8) is 0 Å². The Morgan fingerprint density at radius 3 is 1.80 bits per heavy atom. The number of fused-ring (bicyclic) bond motifs is 1. The average Bonchev–Trinajstić information content (AvgIpc) is 3.06. The van der Waals surface area contributed by atoms with E-state index in [4.69, 9.17) is 28.1 Å². The van der Waals surface area contributed by atoms with Crippen LogP contribution in [0.3, 0.4) is 0 Å². The second-order valence-electron chi connectivity index (χ2n) is 9.39. The molecule has 0 unspecified atom stereocenters. The van der Waals surface area contributed by atoms with Crippen molar-refractivity contribution < 1.29 is 28.1 Å². The fourth-order valence-corrected chi connectivity index (χ4v) is 4.57. The fraction of sp³-hybridized carbons (Fsp3) is 0.270. The Balaban J connectivity index is 0.00000216. The van der Waals surface area contributed by atoms with E-state index in [-0.39, 0.29) is 23.5 Å². The lowest BCUT2D eigenvalue weighted by Crippen LogP contribution is -2.12. The minimum Gasteiger partial charge on any atom is -0.493 e. The van der Waals surface area contributed by atoms with Gasteiger partial charge in [-0.05, 0) is 50.1 Å². The summed E-state index contributed by atoms with van der Waals surface area (Å²) in [6.07, 6.45) is 0. The van der Waals surface area contributed by atoms with Crippen molar-refractivity contribution in [2.24, 2.45) is 0 Å². The summed E-state index contributed by atoms with van der Waals surface area (Å²) in [5.74, 6) is 2.40. The van der Waals surface area contributed by atoms with Gasteiger partial charge in [0.15, 0.2) is 17.3 Å². The molecule has 4 aromatic carbocycles. The van der Waals surface area contributed by atoms with Gasteiger partial charge < -0.3 is 28.1 Å². The van der Waals surface area contributed by atoms with Gasteiger partial charge >= 0.3 is 0 Å². The third kappa shape index (κ3) is 7.72. The Morgan fingerprint density at radius 1 is 0.591 bits per heavy atom. The molecule has 1 aromatic heterocycles. The van der Waals surface area contributed by atoms with Crippen LogP contribution in [0.15, 0.2) is 100 Å². The van der Waals surface area contributed by atoms with E-state index < -0.39 is 0 Å². The van der Waals surface area contributed by atoms with Crippen LogP contribution < -0.4 is 29.1 Å². The Labute approximate surface area is 258 Å². The molecule has 0 aliphatic rings. The van der Waals surface area contributed by atoms with E-state index >= 15 is 0 Å². The monoisotopic (exact) mass is 596 g/mol. The molecule has 230 valence electrons. The number of rotatable bonds is 13. The first-order valence-corrected chi connectivity index (χ1v) is 15.1. The zero-order valence-corrected chi connectivity index (χ0v) is 26.1. The highest BCUT2D eigenvalue weighted by Crippen LogP contribution is 2.40. The molecule has 0 atom stereocenters. The Bertz CT molecular complexity index is 1680. The Morgan fingerprint density at radius 2 is 1.18 bits per heavy atom. The van der Waals surface area contributed by atoms with E-state index in [2.05, 4.69) is 0 Å². The predicted molar refractivity (Wildman–Crippen MR) is 174 cm³/mol. The maximum atomic E-state index is 13.9. The number of benzene rings is 4. The van der Waals surface area contributed by atoms with Gasteiger partial charge in [-0.1, -0.05) is 74.5 Å². The van der Waals surface area contributed by atoms with E-state index in [0.29, 0.717) is 66.0 Å². The largest absolute Gasteiger partial charge is 0.493 e. The van der Waals surface area contributed by atoms with Crippen molar-refractivity contribution in [2.45, 2.75) is 47.8 Å². The van der Waals surface area contributed by atoms with Crippen molar-refractivity contribution in [2.75, 3.05) is 19.8 Å². The molecule has 7 heteroatoms. The molecule has 0 radical (unpaired) electrons. The molecule has 0 N–H and O–H groups in total. The van der Waals surface area contributed by atoms with Gasteiger partial charge in [0.2, 0.25) is 11.2 Å². The van der Waals surface area contributed by atoms with Gasteiger partial charge in [-0.25, -0.2) is 0 Å². The summed E-state index contributed by atoms with van der Waals surface area (Å²) in [6.45, 7) is 11.4. The van der Waals surface area contributed by atoms with Gasteiger partial charge in [-0.15, -0.1) is 0 Å². The average molecular weight is 597 g/mol. The standard InChI is InChI=1S/C35H34O7.C2H6/c1-4-37-29-19-26(17-18-28(29)41-23-25-15-11-8-12-16-25)34-35(39-6-3)33(36)32-30(38-5-2)20-27(21-31(32)42-34)40-22-24-13-9-7-10-14-24;1-2/h7-21H,4-6,22-23H2,1-3H3;1-2H3. The molecule has 0 amide bonds. The molecule has 44 heavy (non-hydrogen) atoms. The number of hydrogen-bond acceptors (Lipinski definition) is 7. The van der Waals surface area contributed by atoms with Crippen molar-refractivity contribution in [3.05, 3.63) is 112 Å². The van der Waals surface area contributed by atoms with Crippen LogP contribution in [-0.4, -0.2) is 19.8 Å². The minimum absolute atomic E-state index is 0.101. The predicted octanol–water partition coefficient (Wildman–Crippen LogP) is 8.84. The maximum absolute atomic E-state index is 13.9. The summed E-state index contributed by atoms with van der Waals surface area (Å²) in [6, 6.07) is 28.6. The van der Waals surface area contributed by atoms with Crippen LogP contribution in [0.25, 0.3) is 22.3 Å². The van der Waals surface area contributed by atoms with Gasteiger partial charge in [0.05, 0.1) is 19.8 Å². The van der Waals surface area contributed by atoms with E-state index in [1.165, 1.54) is 0 Å². The molecular weight excluding hydrogens is 556 g/mol. The molecule has 0 bridgehead atoms. The smallest absolute Gasteiger partial charge is 0.239 e. The first-order valence-electron chi connectivity index (χ1n) is 15.1. The normalized spacial score (nSPS) is 10.5. The van der Waals surface area contributed by atoms with Crippen LogP contribution in [0.4, 0.5) is 0 Å². The second-order valence-corrected chi connectivity index (χ2v) is 9.39. The molecule has 0 saturated heterocycles. The lowest BCUT2D eigenvalue weighted by Gasteiger charge is -2.16. The fourth-order valence-electron chi connectivity index (χ4n) is 4.57. The van der Waals surface area contributed by atoms with Crippen LogP contribution in [0.1, 0.15) is 45.7 Å². The van der Waals surface area contributed by atoms with Crippen LogP contribution in [-0.2, 0) is 13.2 Å². The quantitative estimate of drug-likeness (QED) is 0.134. The molecule has 7 nitrogen and oxygen atoms in total. The minimum atomic E-state index is -0.325. The summed E-state index contributed by atoms with van der Waals surface area (Å²) >= 11 is 0. The highest BCUT2D eigenvalue weighted by Gasteiger charge is 2.23. The molecule has 0 fully saturated rings. The van der Waals surface area contributed by atoms with Crippen molar-refractivity contribution in [3.8, 4) is 40.1 Å². The lowest BCUT2D eigenvalue weighted by molar-refractivity contribution is 0.269. The van der Waals surface area contributed by atoms with Crippen LogP contribution in [0.5, 0.6) is 28.7 Å². The summed E-state index contributed by atoms with van der Waals surface area (Å²) in [4.78, 5) is 13.9. The summed E-state index contributed by atoms with van der Waals surface area (Å²) < 4.78 is 36.2. The maximum Gasteiger partial charge on any atom is 0.239 e. The van der Waals surface area contributed by atoms with Gasteiger partial charge in [-0.3, -0.25) is 4.79 Å². The molecule has 0 spiro atoms. The summed E-state index contributed by atoms with van der Waals surface area (Å²) in [5, 5.41) is 0.295. The molecular formula is C37H40O7. The highest BCUT2D eigenvalue weighted by molar-refractivity contribution is 5.88. The lowest BCUT2D eigenvalue weighted by atomic mass is 10.1. The molecule has 0 aliphatic carbocycles. The Hall–Kier alpha value is -4.91. The highest BCUT2D eigenvalue weighted by atomic mass is 16.5. The van der Waals surface area contributed by atoms with Crippen molar-refractivity contribution in [1.29, 1.82) is 0 Å². The van der Waals surface area contributed by atoms with Gasteiger partial charge in [-0.2, -0.15) is 0 Å². The van der Waals surface area contributed by atoms with Gasteiger partial charge in [0.25, 0.3) is 0 Å². The van der Waals surface area contributed by atoms with Gasteiger partial charge in [0, 0.05) is 17.7 Å². The zero-order valence-electron chi connectivity index (χ0n) is 26.1. The Kier molecular flexibility index (Phi) is 11.7.